The third-order valence-corrected chi connectivity index (χ3v) is 4.31. The Kier molecular flexibility index (Phi) is 6.93. The van der Waals surface area contributed by atoms with Gasteiger partial charge in [-0.05, 0) is 61.4 Å². The average molecular weight is 396 g/mol. The molecule has 0 atom stereocenters. The first-order valence-electron chi connectivity index (χ1n) is 9.12. The van der Waals surface area contributed by atoms with Gasteiger partial charge in [0.15, 0.2) is 5.75 Å². The number of benzene rings is 3. The summed E-state index contributed by atoms with van der Waals surface area (Å²) in [6.45, 7) is 2.40. The van der Waals surface area contributed by atoms with E-state index in [0.29, 0.717) is 35.9 Å². The van der Waals surface area contributed by atoms with Gasteiger partial charge in [0.25, 0.3) is 0 Å². The molecule has 5 heteroatoms. The van der Waals surface area contributed by atoms with E-state index < -0.39 is 0 Å². The third-order valence-electron chi connectivity index (χ3n) is 4.07. The van der Waals surface area contributed by atoms with E-state index in [2.05, 4.69) is 5.32 Å². The Morgan fingerprint density at radius 1 is 0.964 bits per heavy atom. The first-order chi connectivity index (χ1) is 13.6. The van der Waals surface area contributed by atoms with E-state index in [1.807, 2.05) is 73.7 Å². The number of rotatable bonds is 8. The zero-order valence-electron chi connectivity index (χ0n) is 15.7. The molecule has 3 rings (SSSR count). The molecule has 1 amide bonds. The Balaban J connectivity index is 1.50. The van der Waals surface area contributed by atoms with Gasteiger partial charge in [-0.1, -0.05) is 41.9 Å². The SMILES string of the molecule is Cc1cc(Cl)ccc1OCCCC(=O)Nc1ccccc1Oc1ccccc1. The van der Waals surface area contributed by atoms with E-state index in [-0.39, 0.29) is 5.91 Å². The van der Waals surface area contributed by atoms with Crippen molar-refractivity contribution in [2.75, 3.05) is 11.9 Å². The number of hydrogen-bond acceptors (Lipinski definition) is 3. The van der Waals surface area contributed by atoms with Crippen LogP contribution in [0.2, 0.25) is 5.02 Å². The minimum atomic E-state index is -0.0828. The molecule has 4 nitrogen and oxygen atoms in total. The summed E-state index contributed by atoms with van der Waals surface area (Å²) in [4.78, 5) is 12.3. The number of hydrogen-bond donors (Lipinski definition) is 1. The molecule has 28 heavy (non-hydrogen) atoms. The molecule has 0 bridgehead atoms. The van der Waals surface area contributed by atoms with Crippen molar-refractivity contribution in [2.24, 2.45) is 0 Å². The number of halogens is 1. The van der Waals surface area contributed by atoms with Gasteiger partial charge in [0.2, 0.25) is 5.91 Å². The van der Waals surface area contributed by atoms with E-state index in [0.717, 1.165) is 17.1 Å². The smallest absolute Gasteiger partial charge is 0.224 e. The Morgan fingerprint density at radius 3 is 2.50 bits per heavy atom. The van der Waals surface area contributed by atoms with Crippen LogP contribution < -0.4 is 14.8 Å². The van der Waals surface area contributed by atoms with Crippen LogP contribution in [-0.2, 0) is 4.79 Å². The van der Waals surface area contributed by atoms with Gasteiger partial charge in [-0.2, -0.15) is 0 Å². The minimum Gasteiger partial charge on any atom is -0.493 e. The molecule has 0 aliphatic heterocycles. The van der Waals surface area contributed by atoms with Crippen molar-refractivity contribution in [1.29, 1.82) is 0 Å². The van der Waals surface area contributed by atoms with Crippen LogP contribution in [0.25, 0.3) is 0 Å². The van der Waals surface area contributed by atoms with Gasteiger partial charge in [0.05, 0.1) is 12.3 Å². The highest BCUT2D eigenvalue weighted by atomic mass is 35.5. The summed E-state index contributed by atoms with van der Waals surface area (Å²) in [7, 11) is 0. The van der Waals surface area contributed by atoms with Crippen molar-refractivity contribution in [3.05, 3.63) is 83.4 Å². The zero-order chi connectivity index (χ0) is 19.8. The van der Waals surface area contributed by atoms with Gasteiger partial charge < -0.3 is 14.8 Å². The monoisotopic (exact) mass is 395 g/mol. The number of aryl methyl sites for hydroxylation is 1. The number of carbonyl (C=O) groups is 1. The van der Waals surface area contributed by atoms with Crippen molar-refractivity contribution >= 4 is 23.2 Å². The van der Waals surface area contributed by atoms with Crippen molar-refractivity contribution in [3.8, 4) is 17.2 Å². The highest BCUT2D eigenvalue weighted by Gasteiger charge is 2.09. The molecule has 3 aromatic rings. The van der Waals surface area contributed by atoms with Gasteiger partial charge >= 0.3 is 0 Å². The Morgan fingerprint density at radius 2 is 1.71 bits per heavy atom. The molecule has 0 aliphatic rings. The number of carbonyl (C=O) groups excluding carboxylic acids is 1. The van der Waals surface area contributed by atoms with Crippen molar-refractivity contribution in [2.45, 2.75) is 19.8 Å². The lowest BCUT2D eigenvalue weighted by Crippen LogP contribution is -2.13. The molecule has 0 spiro atoms. The predicted molar refractivity (Wildman–Crippen MR) is 113 cm³/mol. The Hall–Kier alpha value is -2.98. The summed E-state index contributed by atoms with van der Waals surface area (Å²) in [5, 5.41) is 3.59. The van der Waals surface area contributed by atoms with E-state index in [1.165, 1.54) is 0 Å². The normalized spacial score (nSPS) is 10.4. The quantitative estimate of drug-likeness (QED) is 0.459. The van der Waals surface area contributed by atoms with E-state index in [4.69, 9.17) is 21.1 Å². The lowest BCUT2D eigenvalue weighted by atomic mass is 10.2. The highest BCUT2D eigenvalue weighted by Crippen LogP contribution is 2.29. The maximum absolute atomic E-state index is 12.3. The molecule has 0 fully saturated rings. The van der Waals surface area contributed by atoms with Gasteiger partial charge in [0, 0.05) is 11.4 Å². The zero-order valence-corrected chi connectivity index (χ0v) is 16.4. The van der Waals surface area contributed by atoms with Crippen molar-refractivity contribution in [1.82, 2.24) is 0 Å². The lowest BCUT2D eigenvalue weighted by Gasteiger charge is -2.12. The number of amides is 1. The van der Waals surface area contributed by atoms with Crippen LogP contribution in [0.4, 0.5) is 5.69 Å². The van der Waals surface area contributed by atoms with Crippen LogP contribution in [-0.4, -0.2) is 12.5 Å². The fraction of sp³-hybridized carbons (Fsp3) is 0.174. The van der Waals surface area contributed by atoms with Crippen LogP contribution in [0.5, 0.6) is 17.2 Å². The minimum absolute atomic E-state index is 0.0828. The third kappa shape index (κ3) is 5.76. The second-order valence-electron chi connectivity index (χ2n) is 6.32. The lowest BCUT2D eigenvalue weighted by molar-refractivity contribution is -0.116. The van der Waals surface area contributed by atoms with Gasteiger partial charge in [-0.25, -0.2) is 0 Å². The van der Waals surface area contributed by atoms with Gasteiger partial charge in [0.1, 0.15) is 11.5 Å². The Labute approximate surface area is 170 Å². The molecule has 3 aromatic carbocycles. The summed E-state index contributed by atoms with van der Waals surface area (Å²) in [6, 6.07) is 22.3. The van der Waals surface area contributed by atoms with Crippen LogP contribution in [0.1, 0.15) is 18.4 Å². The molecule has 1 N–H and O–H groups in total. The molecule has 0 saturated carbocycles. The van der Waals surface area contributed by atoms with E-state index in [9.17, 15) is 4.79 Å². The van der Waals surface area contributed by atoms with Crippen LogP contribution in [0.15, 0.2) is 72.8 Å². The topological polar surface area (TPSA) is 47.6 Å². The first-order valence-corrected chi connectivity index (χ1v) is 9.50. The summed E-state index contributed by atoms with van der Waals surface area (Å²) < 4.78 is 11.6. The number of ether oxygens (including phenoxy) is 2. The van der Waals surface area contributed by atoms with E-state index >= 15 is 0 Å². The largest absolute Gasteiger partial charge is 0.493 e. The van der Waals surface area contributed by atoms with Crippen molar-refractivity contribution in [3.63, 3.8) is 0 Å². The molecule has 0 aromatic heterocycles. The average Bonchev–Trinajstić information content (AvgIpc) is 2.69. The highest BCUT2D eigenvalue weighted by molar-refractivity contribution is 6.30. The molecule has 0 saturated heterocycles. The molecule has 0 heterocycles. The summed E-state index contributed by atoms with van der Waals surface area (Å²) in [5.41, 5.74) is 1.62. The Bertz CT molecular complexity index is 928. The van der Waals surface area contributed by atoms with Gasteiger partial charge in [-0.3, -0.25) is 4.79 Å². The van der Waals surface area contributed by atoms with E-state index in [1.54, 1.807) is 6.07 Å². The summed E-state index contributed by atoms with van der Waals surface area (Å²) in [5.74, 6) is 2.03. The number of nitrogens with one attached hydrogen (secondary N) is 1. The van der Waals surface area contributed by atoms with Crippen LogP contribution in [0.3, 0.4) is 0 Å². The summed E-state index contributed by atoms with van der Waals surface area (Å²) >= 11 is 5.94. The van der Waals surface area contributed by atoms with Crippen LogP contribution in [0, 0.1) is 6.92 Å². The van der Waals surface area contributed by atoms with Crippen LogP contribution >= 0.6 is 11.6 Å². The standard InChI is InChI=1S/C23H22ClNO3/c1-17-16-18(24)13-14-21(17)27-15-7-12-23(26)25-20-10-5-6-11-22(20)28-19-8-3-2-4-9-19/h2-6,8-11,13-14,16H,7,12,15H2,1H3,(H,25,26). The maximum Gasteiger partial charge on any atom is 0.224 e. The predicted octanol–water partition coefficient (Wildman–Crippen LogP) is 6.24. The number of para-hydroxylation sites is 3. The number of anilines is 1. The molecule has 144 valence electrons. The second-order valence-corrected chi connectivity index (χ2v) is 6.76. The maximum atomic E-state index is 12.3. The fourth-order valence-electron chi connectivity index (χ4n) is 2.68. The fourth-order valence-corrected chi connectivity index (χ4v) is 2.90. The van der Waals surface area contributed by atoms with Crippen molar-refractivity contribution < 1.29 is 14.3 Å². The first kappa shape index (κ1) is 19.8. The van der Waals surface area contributed by atoms with Gasteiger partial charge in [-0.15, -0.1) is 0 Å². The molecule has 0 aliphatic carbocycles. The molecule has 0 radical (unpaired) electrons. The molecule has 0 unspecified atom stereocenters. The molecular formula is C23H22ClNO3. The molecular weight excluding hydrogens is 374 g/mol. The summed E-state index contributed by atoms with van der Waals surface area (Å²) in [6.07, 6.45) is 0.960. The second kappa shape index (κ2) is 9.81.